The minimum absolute atomic E-state index is 0.139. The van der Waals surface area contributed by atoms with Crippen molar-refractivity contribution in [3.63, 3.8) is 0 Å². The third-order valence-electron chi connectivity index (χ3n) is 1.66. The van der Waals surface area contributed by atoms with Crippen LogP contribution in [0.4, 0.5) is 14.5 Å². The van der Waals surface area contributed by atoms with Crippen LogP contribution in [0.15, 0.2) is 11.0 Å². The Labute approximate surface area is 89.5 Å². The molecule has 0 saturated heterocycles. The van der Waals surface area contributed by atoms with Gasteiger partial charge in [0.2, 0.25) is 0 Å². The number of halogens is 3. The molecule has 0 spiro atoms. The summed E-state index contributed by atoms with van der Waals surface area (Å²) in [6, 6.07) is 0.799. The average molecular weight is 257 g/mol. The smallest absolute Gasteiger partial charge is 0.280 e. The number of nitrogen functional groups attached to an aromatic ring is 1. The summed E-state index contributed by atoms with van der Waals surface area (Å²) in [5.41, 5.74) is 4.27. The zero-order chi connectivity index (χ0) is 11.8. The highest BCUT2D eigenvalue weighted by atomic mass is 35.7. The summed E-state index contributed by atoms with van der Waals surface area (Å²) in [4.78, 5) is 2.98. The van der Waals surface area contributed by atoms with E-state index in [9.17, 15) is 17.2 Å². The normalized spacial score (nSPS) is 12.1. The Balaban J connectivity index is 3.48. The van der Waals surface area contributed by atoms with E-state index in [2.05, 4.69) is 4.98 Å². The number of aryl methyl sites for hydroxylation is 1. The maximum Gasteiger partial charge on any atom is 0.280 e. The maximum absolute atomic E-state index is 12.3. The number of anilines is 1. The van der Waals surface area contributed by atoms with Gasteiger partial charge < -0.3 is 5.73 Å². The molecule has 15 heavy (non-hydrogen) atoms. The molecular weight excluding hydrogens is 250 g/mol. The van der Waals surface area contributed by atoms with E-state index >= 15 is 0 Å². The lowest BCUT2D eigenvalue weighted by Crippen LogP contribution is -2.06. The molecule has 0 saturated carbocycles. The fraction of sp³-hybridized carbons (Fsp3) is 0.286. The highest BCUT2D eigenvalue weighted by Gasteiger charge is 2.21. The van der Waals surface area contributed by atoms with E-state index in [1.807, 2.05) is 0 Å². The van der Waals surface area contributed by atoms with Crippen molar-refractivity contribution < 1.29 is 17.2 Å². The van der Waals surface area contributed by atoms with Gasteiger partial charge in [0.1, 0.15) is 10.6 Å². The van der Waals surface area contributed by atoms with Crippen molar-refractivity contribution in [3.8, 4) is 0 Å². The van der Waals surface area contributed by atoms with Crippen molar-refractivity contribution in [1.82, 2.24) is 4.98 Å². The number of rotatable bonds is 2. The molecule has 0 radical (unpaired) electrons. The third-order valence-corrected chi connectivity index (χ3v) is 3.14. The molecule has 0 aliphatic heterocycles. The monoisotopic (exact) mass is 256 g/mol. The molecule has 1 aromatic rings. The van der Waals surface area contributed by atoms with Crippen LogP contribution in [0.3, 0.4) is 0 Å². The van der Waals surface area contributed by atoms with Gasteiger partial charge in [0.05, 0.1) is 11.4 Å². The summed E-state index contributed by atoms with van der Waals surface area (Å²) in [7, 11) is 0.999. The second-order valence-electron chi connectivity index (χ2n) is 2.79. The molecule has 1 rings (SSSR count). The number of nitrogens with zero attached hydrogens (tertiary/aromatic N) is 1. The number of hydrogen-bond donors (Lipinski definition) is 1. The molecule has 0 fully saturated rings. The molecule has 84 valence electrons. The first-order valence-electron chi connectivity index (χ1n) is 3.73. The van der Waals surface area contributed by atoms with E-state index in [-0.39, 0.29) is 11.4 Å². The van der Waals surface area contributed by atoms with Crippen molar-refractivity contribution in [2.75, 3.05) is 5.73 Å². The predicted octanol–water partition coefficient (Wildman–Crippen LogP) is 1.84. The molecule has 0 aliphatic rings. The largest absolute Gasteiger partial charge is 0.398 e. The number of aromatic nitrogens is 1. The molecule has 1 aromatic heterocycles. The van der Waals surface area contributed by atoms with E-state index < -0.39 is 26.1 Å². The summed E-state index contributed by atoms with van der Waals surface area (Å²) in [6.07, 6.45) is -2.81. The fourth-order valence-electron chi connectivity index (χ4n) is 1.14. The second-order valence-corrected chi connectivity index (χ2v) is 5.29. The molecule has 4 nitrogen and oxygen atoms in total. The lowest BCUT2D eigenvalue weighted by molar-refractivity contribution is 0.146. The lowest BCUT2D eigenvalue weighted by atomic mass is 10.3. The van der Waals surface area contributed by atoms with Crippen LogP contribution in [-0.4, -0.2) is 13.4 Å². The zero-order valence-corrected chi connectivity index (χ0v) is 9.11. The molecule has 0 aliphatic carbocycles. The Morgan fingerprint density at radius 1 is 1.53 bits per heavy atom. The fourth-order valence-corrected chi connectivity index (χ4v) is 2.48. The quantitative estimate of drug-likeness (QED) is 0.820. The van der Waals surface area contributed by atoms with Gasteiger partial charge in [-0.2, -0.15) is 0 Å². The van der Waals surface area contributed by atoms with Gasteiger partial charge in [-0.1, -0.05) is 0 Å². The second kappa shape index (κ2) is 3.90. The Kier molecular flexibility index (Phi) is 3.15. The van der Waals surface area contributed by atoms with E-state index in [4.69, 9.17) is 16.4 Å². The summed E-state index contributed by atoms with van der Waals surface area (Å²) in [5.74, 6) is 0. The first-order chi connectivity index (χ1) is 6.73. The van der Waals surface area contributed by atoms with Gasteiger partial charge in [-0.3, -0.25) is 4.98 Å². The van der Waals surface area contributed by atoms with E-state index in [0.717, 1.165) is 6.07 Å². The summed E-state index contributed by atoms with van der Waals surface area (Å²) < 4.78 is 46.5. The first kappa shape index (κ1) is 12.1. The molecule has 0 atom stereocenters. The van der Waals surface area contributed by atoms with Crippen molar-refractivity contribution in [2.24, 2.45) is 0 Å². The van der Waals surface area contributed by atoms with Gasteiger partial charge in [0, 0.05) is 10.7 Å². The van der Waals surface area contributed by atoms with Crippen LogP contribution < -0.4 is 5.73 Å². The molecule has 0 unspecified atom stereocenters. The van der Waals surface area contributed by atoms with Crippen LogP contribution in [0, 0.1) is 6.92 Å². The van der Waals surface area contributed by atoms with E-state index in [0.29, 0.717) is 0 Å². The van der Waals surface area contributed by atoms with Crippen LogP contribution >= 0.6 is 10.7 Å². The van der Waals surface area contributed by atoms with Gasteiger partial charge in [-0.25, -0.2) is 17.2 Å². The van der Waals surface area contributed by atoms with Crippen molar-refractivity contribution in [2.45, 2.75) is 18.2 Å². The van der Waals surface area contributed by atoms with Crippen LogP contribution in [0.2, 0.25) is 0 Å². The molecular formula is C7H7ClF2N2O2S. The third kappa shape index (κ3) is 2.54. The Bertz CT molecular complexity index is 467. The predicted molar refractivity (Wildman–Crippen MR) is 51.4 cm³/mol. The van der Waals surface area contributed by atoms with E-state index in [1.165, 1.54) is 6.92 Å². The van der Waals surface area contributed by atoms with Gasteiger partial charge in [0.15, 0.2) is 0 Å². The van der Waals surface area contributed by atoms with Crippen molar-refractivity contribution >= 4 is 25.4 Å². The van der Waals surface area contributed by atoms with Crippen LogP contribution in [-0.2, 0) is 9.05 Å². The lowest BCUT2D eigenvalue weighted by Gasteiger charge is -2.07. The molecule has 0 aromatic carbocycles. The van der Waals surface area contributed by atoms with Gasteiger partial charge in [-0.05, 0) is 13.0 Å². The zero-order valence-electron chi connectivity index (χ0n) is 7.54. The summed E-state index contributed by atoms with van der Waals surface area (Å²) in [5, 5.41) is 0. The summed E-state index contributed by atoms with van der Waals surface area (Å²) >= 11 is 0. The van der Waals surface area contributed by atoms with Crippen LogP contribution in [0.5, 0.6) is 0 Å². The van der Waals surface area contributed by atoms with Crippen LogP contribution in [0.25, 0.3) is 0 Å². The molecule has 8 heteroatoms. The van der Waals surface area contributed by atoms with Gasteiger partial charge in [-0.15, -0.1) is 0 Å². The molecule has 2 N–H and O–H groups in total. The SMILES string of the molecule is Cc1nc(C(F)F)cc(N)c1S(=O)(=O)Cl. The van der Waals surface area contributed by atoms with Crippen LogP contribution in [0.1, 0.15) is 17.8 Å². The number of nitrogens with two attached hydrogens (primary N) is 1. The minimum Gasteiger partial charge on any atom is -0.398 e. The van der Waals surface area contributed by atoms with Gasteiger partial charge >= 0.3 is 0 Å². The van der Waals surface area contributed by atoms with Crippen molar-refractivity contribution in [1.29, 1.82) is 0 Å². The Morgan fingerprint density at radius 3 is 2.40 bits per heavy atom. The Hall–Kier alpha value is -0.950. The molecule has 0 bridgehead atoms. The summed E-state index contributed by atoms with van der Waals surface area (Å²) in [6.45, 7) is 1.25. The highest BCUT2D eigenvalue weighted by Crippen LogP contribution is 2.28. The number of alkyl halides is 2. The average Bonchev–Trinajstić information content (AvgIpc) is 1.99. The van der Waals surface area contributed by atoms with Gasteiger partial charge in [0.25, 0.3) is 15.5 Å². The topological polar surface area (TPSA) is 73.0 Å². The highest BCUT2D eigenvalue weighted by molar-refractivity contribution is 8.13. The van der Waals surface area contributed by atoms with Crippen molar-refractivity contribution in [3.05, 3.63) is 17.5 Å². The standard InChI is InChI=1S/C7H7ClF2N2O2S/c1-3-6(15(8,13)14)4(11)2-5(12-3)7(9)10/h2,7H,1H3,(H2,11,12). The number of pyridine rings is 1. The Morgan fingerprint density at radius 2 is 2.07 bits per heavy atom. The molecule has 1 heterocycles. The maximum atomic E-state index is 12.3. The minimum atomic E-state index is -4.07. The molecule has 0 amide bonds. The number of hydrogen-bond acceptors (Lipinski definition) is 4. The first-order valence-corrected chi connectivity index (χ1v) is 6.04. The van der Waals surface area contributed by atoms with E-state index in [1.54, 1.807) is 0 Å².